The van der Waals surface area contributed by atoms with Crippen molar-refractivity contribution >= 4 is 17.5 Å². The lowest BCUT2D eigenvalue weighted by molar-refractivity contribution is 0.0914. The predicted octanol–water partition coefficient (Wildman–Crippen LogP) is 3.67. The van der Waals surface area contributed by atoms with E-state index in [-0.39, 0.29) is 11.9 Å². The molecule has 23 heavy (non-hydrogen) atoms. The summed E-state index contributed by atoms with van der Waals surface area (Å²) in [4.78, 5) is 12.6. The number of ether oxygens (including phenoxy) is 2. The number of hydrogen-bond donors (Lipinski definition) is 1. The number of rotatable bonds is 3. The van der Waals surface area contributed by atoms with Crippen LogP contribution in [0.2, 0.25) is 5.02 Å². The standard InChI is InChI=1S/C18H22ClNO3/c1-10(14-7-11-2-3-12(14)6-11)20-18(21)13-8-15(19)17-16(9-13)22-4-5-23-17/h8-12,14H,2-7H2,1H3,(H,20,21). The summed E-state index contributed by atoms with van der Waals surface area (Å²) in [6.45, 7) is 3.10. The minimum Gasteiger partial charge on any atom is -0.486 e. The van der Waals surface area contributed by atoms with Gasteiger partial charge in [0.2, 0.25) is 0 Å². The second kappa shape index (κ2) is 5.90. The van der Waals surface area contributed by atoms with E-state index in [1.807, 2.05) is 0 Å². The van der Waals surface area contributed by atoms with Crippen molar-refractivity contribution in [3.05, 3.63) is 22.7 Å². The average Bonchev–Trinajstić information content (AvgIpc) is 3.18. The van der Waals surface area contributed by atoms with Crippen LogP contribution in [-0.2, 0) is 0 Å². The molecule has 2 fully saturated rings. The molecule has 3 aliphatic rings. The van der Waals surface area contributed by atoms with E-state index in [0.717, 1.165) is 11.8 Å². The van der Waals surface area contributed by atoms with Gasteiger partial charge in [0.1, 0.15) is 13.2 Å². The van der Waals surface area contributed by atoms with Crippen molar-refractivity contribution in [2.75, 3.05) is 13.2 Å². The van der Waals surface area contributed by atoms with Gasteiger partial charge in [-0.3, -0.25) is 4.79 Å². The van der Waals surface area contributed by atoms with Gasteiger partial charge in [0.05, 0.1) is 5.02 Å². The number of nitrogens with one attached hydrogen (secondary N) is 1. The third kappa shape index (κ3) is 2.78. The van der Waals surface area contributed by atoms with Crippen LogP contribution in [0.5, 0.6) is 11.5 Å². The maximum absolute atomic E-state index is 12.6. The van der Waals surface area contributed by atoms with E-state index in [2.05, 4.69) is 12.2 Å². The first-order chi connectivity index (χ1) is 11.1. The summed E-state index contributed by atoms with van der Waals surface area (Å²) < 4.78 is 11.0. The molecule has 1 aliphatic heterocycles. The topological polar surface area (TPSA) is 47.6 Å². The summed E-state index contributed by atoms with van der Waals surface area (Å²) in [7, 11) is 0. The molecule has 1 amide bonds. The highest BCUT2D eigenvalue weighted by Crippen LogP contribution is 2.49. The normalized spacial score (nSPS) is 29.4. The molecule has 2 aliphatic carbocycles. The van der Waals surface area contributed by atoms with Gasteiger partial charge in [-0.2, -0.15) is 0 Å². The highest BCUT2D eigenvalue weighted by atomic mass is 35.5. The minimum atomic E-state index is -0.0841. The Morgan fingerprint density at radius 2 is 2.09 bits per heavy atom. The molecule has 0 saturated heterocycles. The Bertz CT molecular complexity index is 633. The molecule has 124 valence electrons. The Labute approximate surface area is 141 Å². The van der Waals surface area contributed by atoms with Crippen molar-refractivity contribution in [3.63, 3.8) is 0 Å². The Hall–Kier alpha value is -1.42. The highest BCUT2D eigenvalue weighted by molar-refractivity contribution is 6.32. The predicted molar refractivity (Wildman–Crippen MR) is 88.3 cm³/mol. The Kier molecular flexibility index (Phi) is 3.88. The lowest BCUT2D eigenvalue weighted by Crippen LogP contribution is -2.40. The van der Waals surface area contributed by atoms with Crippen LogP contribution in [0.25, 0.3) is 0 Å². The van der Waals surface area contributed by atoms with Crippen molar-refractivity contribution in [3.8, 4) is 11.5 Å². The lowest BCUT2D eigenvalue weighted by atomic mass is 9.84. The summed E-state index contributed by atoms with van der Waals surface area (Å²) in [5.74, 6) is 3.30. The summed E-state index contributed by atoms with van der Waals surface area (Å²) in [5.41, 5.74) is 0.536. The molecule has 5 heteroatoms. The second-order valence-electron chi connectivity index (χ2n) is 7.08. The molecule has 1 N–H and O–H groups in total. The van der Waals surface area contributed by atoms with Crippen molar-refractivity contribution in [2.45, 2.75) is 38.6 Å². The first-order valence-electron chi connectivity index (χ1n) is 8.52. The van der Waals surface area contributed by atoms with E-state index in [9.17, 15) is 4.79 Å². The number of halogens is 1. The van der Waals surface area contributed by atoms with Crippen LogP contribution >= 0.6 is 11.6 Å². The molecule has 4 atom stereocenters. The Morgan fingerprint density at radius 3 is 2.83 bits per heavy atom. The number of carbonyl (C=O) groups excluding carboxylic acids is 1. The summed E-state index contributed by atoms with van der Waals surface area (Å²) >= 11 is 6.22. The van der Waals surface area contributed by atoms with Crippen LogP contribution in [-0.4, -0.2) is 25.2 Å². The quantitative estimate of drug-likeness (QED) is 0.917. The maximum atomic E-state index is 12.6. The molecule has 0 aromatic heterocycles. The minimum absolute atomic E-state index is 0.0841. The molecule has 4 rings (SSSR count). The zero-order chi connectivity index (χ0) is 16.0. The lowest BCUT2D eigenvalue weighted by Gasteiger charge is -2.28. The molecule has 4 nitrogen and oxygen atoms in total. The van der Waals surface area contributed by atoms with Crippen LogP contribution < -0.4 is 14.8 Å². The molecule has 2 bridgehead atoms. The number of carbonyl (C=O) groups is 1. The first-order valence-corrected chi connectivity index (χ1v) is 8.89. The smallest absolute Gasteiger partial charge is 0.251 e. The van der Waals surface area contributed by atoms with Crippen molar-refractivity contribution in [1.82, 2.24) is 5.32 Å². The van der Waals surface area contributed by atoms with Crippen LogP contribution in [0.15, 0.2) is 12.1 Å². The molecule has 1 aromatic rings. The van der Waals surface area contributed by atoms with E-state index in [1.54, 1.807) is 12.1 Å². The monoisotopic (exact) mass is 335 g/mol. The Balaban J connectivity index is 1.47. The third-order valence-electron chi connectivity index (χ3n) is 5.65. The van der Waals surface area contributed by atoms with E-state index < -0.39 is 0 Å². The SMILES string of the molecule is CC(NC(=O)c1cc(Cl)c2c(c1)OCCO2)C1CC2CCC1C2. The van der Waals surface area contributed by atoms with E-state index in [1.165, 1.54) is 25.7 Å². The fourth-order valence-electron chi connectivity index (χ4n) is 4.55. The van der Waals surface area contributed by atoms with Crippen molar-refractivity contribution < 1.29 is 14.3 Å². The molecule has 2 saturated carbocycles. The van der Waals surface area contributed by atoms with Crippen molar-refractivity contribution in [2.24, 2.45) is 17.8 Å². The van der Waals surface area contributed by atoms with Crippen LogP contribution in [0.1, 0.15) is 43.0 Å². The molecule has 0 spiro atoms. The van der Waals surface area contributed by atoms with Crippen molar-refractivity contribution in [1.29, 1.82) is 0 Å². The number of hydrogen-bond acceptors (Lipinski definition) is 3. The molecule has 1 aromatic carbocycles. The van der Waals surface area contributed by atoms with Gasteiger partial charge in [-0.1, -0.05) is 18.0 Å². The van der Waals surface area contributed by atoms with Gasteiger partial charge in [-0.15, -0.1) is 0 Å². The zero-order valence-corrected chi connectivity index (χ0v) is 14.1. The Morgan fingerprint density at radius 1 is 1.26 bits per heavy atom. The largest absolute Gasteiger partial charge is 0.486 e. The van der Waals surface area contributed by atoms with Gasteiger partial charge in [0.25, 0.3) is 5.91 Å². The van der Waals surface area contributed by atoms with Gasteiger partial charge < -0.3 is 14.8 Å². The van der Waals surface area contributed by atoms with Gasteiger partial charge in [0.15, 0.2) is 11.5 Å². The zero-order valence-electron chi connectivity index (χ0n) is 13.3. The molecular formula is C18H22ClNO3. The van der Waals surface area contributed by atoms with E-state index >= 15 is 0 Å². The fourth-order valence-corrected chi connectivity index (χ4v) is 4.81. The number of amides is 1. The van der Waals surface area contributed by atoms with Gasteiger partial charge in [-0.25, -0.2) is 0 Å². The fraction of sp³-hybridized carbons (Fsp3) is 0.611. The van der Waals surface area contributed by atoms with Gasteiger partial charge >= 0.3 is 0 Å². The van der Waals surface area contributed by atoms with Gasteiger partial charge in [0, 0.05) is 11.6 Å². The number of benzene rings is 1. The molecule has 1 heterocycles. The van der Waals surface area contributed by atoms with Crippen LogP contribution in [0, 0.1) is 17.8 Å². The van der Waals surface area contributed by atoms with E-state index in [4.69, 9.17) is 21.1 Å². The van der Waals surface area contributed by atoms with E-state index in [0.29, 0.717) is 41.2 Å². The molecular weight excluding hydrogens is 314 g/mol. The summed E-state index contributed by atoms with van der Waals surface area (Å²) in [6.07, 6.45) is 5.31. The highest BCUT2D eigenvalue weighted by Gasteiger charge is 2.42. The first kappa shape index (κ1) is 15.1. The average molecular weight is 336 g/mol. The third-order valence-corrected chi connectivity index (χ3v) is 5.93. The molecule has 0 radical (unpaired) electrons. The number of fused-ring (bicyclic) bond motifs is 3. The second-order valence-corrected chi connectivity index (χ2v) is 7.49. The summed E-state index contributed by atoms with van der Waals surface area (Å²) in [6, 6.07) is 3.59. The van der Waals surface area contributed by atoms with Gasteiger partial charge in [-0.05, 0) is 56.1 Å². The molecule has 4 unspecified atom stereocenters. The summed E-state index contributed by atoms with van der Waals surface area (Å²) in [5, 5.41) is 3.59. The van der Waals surface area contributed by atoms with Crippen LogP contribution in [0.4, 0.5) is 0 Å². The maximum Gasteiger partial charge on any atom is 0.251 e. The van der Waals surface area contributed by atoms with Crippen LogP contribution in [0.3, 0.4) is 0 Å².